The summed E-state index contributed by atoms with van der Waals surface area (Å²) in [5.41, 5.74) is 1.37. The monoisotopic (exact) mass is 630 g/mol. The van der Waals surface area contributed by atoms with Crippen LogP contribution in [0.1, 0.15) is 43.9 Å². The standard InChI is InChI=1S/C39H34O8/c1-4-39(2,3)38(43)44-31-26-32(45-34(40)23-20-28-14-8-5-9-15-28)37(47-36(42)25-22-30-18-12-7-13-19-30)33(27-31)46-35(41)24-21-29-16-10-6-11-17-29/h5-27H,4H2,1-3H3/b23-20+,24-21+,25-22+. The number of esters is 4. The van der Waals surface area contributed by atoms with Crippen LogP contribution in [0.2, 0.25) is 0 Å². The van der Waals surface area contributed by atoms with Gasteiger partial charge in [-0.1, -0.05) is 97.9 Å². The van der Waals surface area contributed by atoms with E-state index in [1.807, 2.05) is 61.5 Å². The molecule has 0 saturated carbocycles. The molecular formula is C39H34O8. The summed E-state index contributed by atoms with van der Waals surface area (Å²) in [6.07, 6.45) is 8.64. The van der Waals surface area contributed by atoms with Crippen LogP contribution in [0, 0.1) is 5.41 Å². The van der Waals surface area contributed by atoms with E-state index < -0.39 is 29.3 Å². The molecule has 0 unspecified atom stereocenters. The van der Waals surface area contributed by atoms with Crippen LogP contribution >= 0.6 is 0 Å². The summed E-state index contributed by atoms with van der Waals surface area (Å²) in [6.45, 7) is 5.27. The third-order valence-electron chi connectivity index (χ3n) is 6.90. The molecule has 0 fully saturated rings. The van der Waals surface area contributed by atoms with E-state index in [1.165, 1.54) is 36.4 Å². The summed E-state index contributed by atoms with van der Waals surface area (Å²) < 4.78 is 22.4. The number of carbonyl (C=O) groups is 4. The maximum absolute atomic E-state index is 13.0. The zero-order chi connectivity index (χ0) is 33.6. The van der Waals surface area contributed by atoms with Gasteiger partial charge in [0, 0.05) is 30.4 Å². The van der Waals surface area contributed by atoms with Crippen molar-refractivity contribution < 1.29 is 38.1 Å². The molecule has 0 amide bonds. The second-order valence-corrected chi connectivity index (χ2v) is 10.9. The summed E-state index contributed by atoms with van der Waals surface area (Å²) in [5, 5.41) is 0. The van der Waals surface area contributed by atoms with E-state index >= 15 is 0 Å². The zero-order valence-corrected chi connectivity index (χ0v) is 26.3. The summed E-state index contributed by atoms with van der Waals surface area (Å²) in [7, 11) is 0. The van der Waals surface area contributed by atoms with Crippen molar-refractivity contribution in [3.8, 4) is 23.0 Å². The Morgan fingerprint density at radius 2 is 0.915 bits per heavy atom. The number of rotatable bonds is 12. The van der Waals surface area contributed by atoms with Crippen LogP contribution in [0.5, 0.6) is 23.0 Å². The van der Waals surface area contributed by atoms with Crippen molar-refractivity contribution >= 4 is 42.1 Å². The summed E-state index contributed by atoms with van der Waals surface area (Å²) in [6, 6.07) is 29.6. The maximum atomic E-state index is 13.0. The maximum Gasteiger partial charge on any atom is 0.336 e. The first kappa shape index (κ1) is 33.9. The first-order valence-electron chi connectivity index (χ1n) is 14.9. The van der Waals surface area contributed by atoms with Gasteiger partial charge >= 0.3 is 23.9 Å². The fourth-order valence-corrected chi connectivity index (χ4v) is 3.86. The lowest BCUT2D eigenvalue weighted by Gasteiger charge is -2.21. The van der Waals surface area contributed by atoms with Gasteiger partial charge in [-0.15, -0.1) is 0 Å². The van der Waals surface area contributed by atoms with Gasteiger partial charge in [0.05, 0.1) is 5.41 Å². The lowest BCUT2D eigenvalue weighted by atomic mass is 9.91. The van der Waals surface area contributed by atoms with Gasteiger partial charge < -0.3 is 18.9 Å². The van der Waals surface area contributed by atoms with Gasteiger partial charge in [-0.3, -0.25) is 4.79 Å². The molecule has 0 bridgehead atoms. The van der Waals surface area contributed by atoms with Crippen LogP contribution in [0.4, 0.5) is 0 Å². The summed E-state index contributed by atoms with van der Waals surface area (Å²) >= 11 is 0. The molecule has 8 nitrogen and oxygen atoms in total. The second kappa shape index (κ2) is 16.3. The highest BCUT2D eigenvalue weighted by Gasteiger charge is 2.29. The topological polar surface area (TPSA) is 105 Å². The third kappa shape index (κ3) is 10.5. The predicted octanol–water partition coefficient (Wildman–Crippen LogP) is 7.88. The van der Waals surface area contributed by atoms with Crippen LogP contribution in [0.15, 0.2) is 121 Å². The SMILES string of the molecule is CCC(C)(C)C(=O)Oc1cc(OC(=O)/C=C/c2ccccc2)c(OC(=O)/C=C/c2ccccc2)c(OC(=O)/C=C/c2ccccc2)c1. The van der Waals surface area contributed by atoms with E-state index in [-0.39, 0.29) is 23.0 Å². The van der Waals surface area contributed by atoms with Crippen molar-refractivity contribution in [3.05, 3.63) is 138 Å². The number of ether oxygens (including phenoxy) is 4. The highest BCUT2D eigenvalue weighted by Crippen LogP contribution is 2.43. The highest BCUT2D eigenvalue weighted by molar-refractivity contribution is 5.93. The molecule has 4 rings (SSSR count). The Bertz CT molecular complexity index is 1700. The Balaban J connectivity index is 1.73. The molecule has 4 aromatic carbocycles. The summed E-state index contributed by atoms with van der Waals surface area (Å²) in [4.78, 5) is 51.9. The van der Waals surface area contributed by atoms with Crippen molar-refractivity contribution in [2.45, 2.75) is 27.2 Å². The Morgan fingerprint density at radius 1 is 0.553 bits per heavy atom. The van der Waals surface area contributed by atoms with E-state index in [1.54, 1.807) is 62.4 Å². The van der Waals surface area contributed by atoms with E-state index in [9.17, 15) is 19.2 Å². The molecular weight excluding hydrogens is 596 g/mol. The minimum atomic E-state index is -0.849. The summed E-state index contributed by atoms with van der Waals surface area (Å²) in [5.74, 6) is -4.18. The Kier molecular flexibility index (Phi) is 11.8. The van der Waals surface area contributed by atoms with Crippen molar-refractivity contribution in [2.75, 3.05) is 0 Å². The van der Waals surface area contributed by atoms with E-state index in [2.05, 4.69) is 0 Å². The second-order valence-electron chi connectivity index (χ2n) is 10.9. The molecule has 0 heterocycles. The van der Waals surface area contributed by atoms with Crippen LogP contribution in [-0.2, 0) is 19.2 Å². The van der Waals surface area contributed by atoms with Crippen LogP contribution in [0.25, 0.3) is 18.2 Å². The average Bonchev–Trinajstić information content (AvgIpc) is 3.08. The lowest BCUT2D eigenvalue weighted by molar-refractivity contribution is -0.144. The normalized spacial score (nSPS) is 11.5. The molecule has 0 aliphatic heterocycles. The van der Waals surface area contributed by atoms with E-state index in [0.29, 0.717) is 6.42 Å². The third-order valence-corrected chi connectivity index (χ3v) is 6.90. The number of hydrogen-bond acceptors (Lipinski definition) is 8. The van der Waals surface area contributed by atoms with Gasteiger partial charge in [0.2, 0.25) is 5.75 Å². The molecule has 0 atom stereocenters. The first-order chi connectivity index (χ1) is 22.6. The molecule has 47 heavy (non-hydrogen) atoms. The van der Waals surface area contributed by atoms with Crippen LogP contribution in [0.3, 0.4) is 0 Å². The fraction of sp³-hybridized carbons (Fsp3) is 0.128. The first-order valence-corrected chi connectivity index (χ1v) is 14.9. The van der Waals surface area contributed by atoms with E-state index in [4.69, 9.17) is 18.9 Å². The Labute approximate surface area is 273 Å². The Morgan fingerprint density at radius 3 is 1.28 bits per heavy atom. The quantitative estimate of drug-likeness (QED) is 0.0884. The van der Waals surface area contributed by atoms with Gasteiger partial charge in [-0.2, -0.15) is 0 Å². The van der Waals surface area contributed by atoms with Crippen molar-refractivity contribution in [1.82, 2.24) is 0 Å². The fourth-order valence-electron chi connectivity index (χ4n) is 3.86. The largest absolute Gasteiger partial charge is 0.426 e. The number of benzene rings is 4. The molecule has 0 spiro atoms. The van der Waals surface area contributed by atoms with Gasteiger partial charge in [0.1, 0.15) is 5.75 Å². The smallest absolute Gasteiger partial charge is 0.336 e. The minimum Gasteiger partial charge on any atom is -0.426 e. The van der Waals surface area contributed by atoms with Crippen LogP contribution < -0.4 is 18.9 Å². The highest BCUT2D eigenvalue weighted by atomic mass is 16.6. The van der Waals surface area contributed by atoms with E-state index in [0.717, 1.165) is 16.7 Å². The molecule has 238 valence electrons. The average molecular weight is 631 g/mol. The lowest BCUT2D eigenvalue weighted by Crippen LogP contribution is -2.28. The minimum absolute atomic E-state index is 0.0965. The number of carbonyl (C=O) groups excluding carboxylic acids is 4. The molecule has 8 heteroatoms. The Hall–Kier alpha value is -6.02. The number of hydrogen-bond donors (Lipinski definition) is 0. The molecule has 0 radical (unpaired) electrons. The molecule has 0 N–H and O–H groups in total. The van der Waals surface area contributed by atoms with Gasteiger partial charge in [0.15, 0.2) is 11.5 Å². The van der Waals surface area contributed by atoms with Crippen LogP contribution in [-0.4, -0.2) is 23.9 Å². The van der Waals surface area contributed by atoms with Crippen molar-refractivity contribution in [1.29, 1.82) is 0 Å². The van der Waals surface area contributed by atoms with Gasteiger partial charge in [-0.05, 0) is 55.2 Å². The molecule has 0 saturated heterocycles. The molecule has 0 aliphatic rings. The molecule has 4 aromatic rings. The van der Waals surface area contributed by atoms with Gasteiger partial charge in [-0.25, -0.2) is 14.4 Å². The van der Waals surface area contributed by atoms with Gasteiger partial charge in [0.25, 0.3) is 0 Å². The van der Waals surface area contributed by atoms with Crippen molar-refractivity contribution in [2.24, 2.45) is 5.41 Å². The predicted molar refractivity (Wildman–Crippen MR) is 179 cm³/mol. The van der Waals surface area contributed by atoms with Crippen molar-refractivity contribution in [3.63, 3.8) is 0 Å². The molecule has 0 aromatic heterocycles. The molecule has 0 aliphatic carbocycles. The zero-order valence-electron chi connectivity index (χ0n) is 26.3.